The lowest BCUT2D eigenvalue weighted by Crippen LogP contribution is -2.47. The molecule has 9 nitrogen and oxygen atoms in total. The minimum atomic E-state index is -4.70. The summed E-state index contributed by atoms with van der Waals surface area (Å²) in [5, 5.41) is 3.03. The van der Waals surface area contributed by atoms with Crippen LogP contribution in [0.2, 0.25) is 0 Å². The predicted molar refractivity (Wildman–Crippen MR) is 335 cm³/mol. The number of phosphoric ester groups is 1. The van der Waals surface area contributed by atoms with Gasteiger partial charge in [0.05, 0.1) is 33.8 Å². The van der Waals surface area contributed by atoms with E-state index in [0.717, 1.165) is 83.5 Å². The number of likely N-dealkylation sites (N-methyl/N-ethyl adjacent to an activating group) is 1. The summed E-state index contributed by atoms with van der Waals surface area (Å²) in [5.41, 5.74) is 0. The van der Waals surface area contributed by atoms with Crippen LogP contribution in [-0.4, -0.2) is 69.4 Å². The Bertz CT molecular complexity index is 1520. The van der Waals surface area contributed by atoms with Gasteiger partial charge in [0, 0.05) is 12.8 Å². The van der Waals surface area contributed by atoms with E-state index in [9.17, 15) is 19.0 Å². The fourth-order valence-corrected chi connectivity index (χ4v) is 10.3. The molecule has 0 heterocycles. The first-order chi connectivity index (χ1) is 37.9. The highest BCUT2D eigenvalue weighted by Gasteiger charge is 2.27. The summed E-state index contributed by atoms with van der Waals surface area (Å²) in [6, 6.07) is -0.893. The molecule has 0 aromatic carbocycles. The summed E-state index contributed by atoms with van der Waals surface area (Å²) in [6.45, 7) is 6.81. The summed E-state index contributed by atoms with van der Waals surface area (Å²) in [7, 11) is 1.18. The number of carbonyl (C=O) groups is 2. The van der Waals surface area contributed by atoms with Crippen LogP contribution in [0, 0.1) is 0 Å². The van der Waals surface area contributed by atoms with Gasteiger partial charge >= 0.3 is 5.97 Å². The molecule has 0 aliphatic carbocycles. The number of nitrogens with one attached hydrogen (secondary N) is 1. The van der Waals surface area contributed by atoms with E-state index >= 15 is 0 Å². The Kier molecular flexibility index (Phi) is 56.2. The third-order valence-corrected chi connectivity index (χ3v) is 15.7. The molecule has 0 bridgehead atoms. The lowest BCUT2D eigenvalue weighted by atomic mass is 10.0. The second kappa shape index (κ2) is 57.9. The van der Waals surface area contributed by atoms with Crippen molar-refractivity contribution in [1.82, 2.24) is 5.32 Å². The normalized spacial score (nSPS) is 14.0. The van der Waals surface area contributed by atoms with Crippen molar-refractivity contribution in [2.24, 2.45) is 0 Å². The Morgan fingerprint density at radius 1 is 0.462 bits per heavy atom. The van der Waals surface area contributed by atoms with Crippen LogP contribution in [0.1, 0.15) is 310 Å². The second-order valence-corrected chi connectivity index (χ2v) is 25.1. The fourth-order valence-electron chi connectivity index (χ4n) is 9.54. The highest BCUT2D eigenvalue weighted by Crippen LogP contribution is 2.38. The van der Waals surface area contributed by atoms with Gasteiger partial charge in [-0.05, 0) is 89.5 Å². The van der Waals surface area contributed by atoms with E-state index in [4.69, 9.17) is 13.8 Å². The van der Waals surface area contributed by atoms with Crippen LogP contribution in [-0.2, 0) is 27.9 Å². The predicted octanol–water partition coefficient (Wildman–Crippen LogP) is 20.0. The van der Waals surface area contributed by atoms with Crippen LogP contribution in [0.15, 0.2) is 60.8 Å². The number of ether oxygens (including phenoxy) is 1. The van der Waals surface area contributed by atoms with Crippen molar-refractivity contribution >= 4 is 19.7 Å². The molecule has 0 saturated heterocycles. The van der Waals surface area contributed by atoms with Crippen LogP contribution < -0.4 is 10.2 Å². The molecule has 78 heavy (non-hydrogen) atoms. The highest BCUT2D eigenvalue weighted by atomic mass is 31.2. The van der Waals surface area contributed by atoms with E-state index in [-0.39, 0.29) is 24.9 Å². The molecule has 1 N–H and O–H groups in total. The van der Waals surface area contributed by atoms with Gasteiger partial charge in [0.2, 0.25) is 5.91 Å². The minimum Gasteiger partial charge on any atom is -0.756 e. The highest BCUT2D eigenvalue weighted by molar-refractivity contribution is 7.45. The van der Waals surface area contributed by atoms with Gasteiger partial charge in [0.1, 0.15) is 19.3 Å². The molecule has 0 aliphatic rings. The number of amides is 1. The molecular weight excluding hydrogens is 988 g/mol. The molecular formula is C68H127N2O7P. The zero-order valence-corrected chi connectivity index (χ0v) is 53.0. The molecule has 0 rings (SSSR count). The molecule has 0 aliphatic heterocycles. The fraction of sp³-hybridized carbons (Fsp3) is 0.824. The second-order valence-electron chi connectivity index (χ2n) is 23.6. The van der Waals surface area contributed by atoms with Crippen molar-refractivity contribution in [1.29, 1.82) is 0 Å². The number of rotatable bonds is 60. The molecule has 0 saturated carbocycles. The molecule has 3 atom stereocenters. The van der Waals surface area contributed by atoms with Crippen molar-refractivity contribution in [3.63, 3.8) is 0 Å². The molecule has 10 heteroatoms. The average molecular weight is 1120 g/mol. The van der Waals surface area contributed by atoms with Gasteiger partial charge < -0.3 is 28.5 Å². The summed E-state index contributed by atoms with van der Waals surface area (Å²) in [4.78, 5) is 40.0. The number of carbonyl (C=O) groups excluding carboxylic acids is 2. The molecule has 0 aromatic heterocycles. The molecule has 0 fully saturated rings. The molecule has 0 spiro atoms. The van der Waals surface area contributed by atoms with Crippen molar-refractivity contribution in [2.45, 2.75) is 322 Å². The molecule has 0 aromatic rings. The van der Waals surface area contributed by atoms with Gasteiger partial charge in [-0.3, -0.25) is 14.2 Å². The number of phosphoric acid groups is 1. The van der Waals surface area contributed by atoms with Gasteiger partial charge in [0.25, 0.3) is 7.82 Å². The largest absolute Gasteiger partial charge is 0.756 e. The monoisotopic (exact) mass is 1110 g/mol. The zero-order valence-electron chi connectivity index (χ0n) is 52.1. The number of esters is 1. The SMILES string of the molecule is CCCCC/C=C\C/C=C\CCCCCCCCCCCCCCCCCC(=O)NC(COP(=O)([O-])OCC[N+](C)(C)C)C(/C=C\CCCCCCCCCCCC)OC(=O)CCCCCCCC/C=C/C=C/CCCCC. The third-order valence-electron chi connectivity index (χ3n) is 14.7. The van der Waals surface area contributed by atoms with Gasteiger partial charge in [-0.2, -0.15) is 0 Å². The third kappa shape index (κ3) is 58.4. The molecule has 1 amide bonds. The first kappa shape index (κ1) is 75.7. The first-order valence-electron chi connectivity index (χ1n) is 33.1. The topological polar surface area (TPSA) is 114 Å². The Morgan fingerprint density at radius 3 is 1.26 bits per heavy atom. The van der Waals surface area contributed by atoms with Gasteiger partial charge in [-0.15, -0.1) is 0 Å². The van der Waals surface area contributed by atoms with E-state index in [0.29, 0.717) is 17.4 Å². The maximum absolute atomic E-state index is 13.6. The zero-order chi connectivity index (χ0) is 57.2. The summed E-state index contributed by atoms with van der Waals surface area (Å²) in [6.07, 6.45) is 73.3. The van der Waals surface area contributed by atoms with Gasteiger partial charge in [0.15, 0.2) is 0 Å². The quantitative estimate of drug-likeness (QED) is 0.0161. The Balaban J connectivity index is 5.09. The van der Waals surface area contributed by atoms with Crippen molar-refractivity contribution in [3.05, 3.63) is 60.8 Å². The Hall–Kier alpha value is -2.29. The number of nitrogens with zero attached hydrogens (tertiary/aromatic N) is 1. The minimum absolute atomic E-state index is 0.0244. The van der Waals surface area contributed by atoms with Crippen molar-refractivity contribution in [2.75, 3.05) is 40.9 Å². The van der Waals surface area contributed by atoms with E-state index in [1.54, 1.807) is 0 Å². The molecule has 0 radical (unpaired) electrons. The van der Waals surface area contributed by atoms with Gasteiger partial charge in [-0.25, -0.2) is 0 Å². The number of allylic oxidation sites excluding steroid dienone is 9. The standard InChI is InChI=1S/C68H127N2O7P/c1-7-10-13-16-19-22-25-28-30-31-32-33-34-35-36-37-38-39-41-42-45-48-51-54-57-60-67(71)69-65(64-76-78(73,74)75-63-62-70(4,5)6)66(59-56-53-50-47-44-27-24-21-18-15-12-9-3)77-68(72)61-58-55-52-49-46-43-40-29-26-23-20-17-14-11-8-2/h19-20,22-23,26,28-30,56,59,65-66H,7-18,21,24-25,27,31-55,57-58,60-64H2,1-6H3,(H-,69,71,73,74)/b22-19-,23-20+,29-26+,30-28-,59-56-. The summed E-state index contributed by atoms with van der Waals surface area (Å²) in [5.74, 6) is -0.546. The lowest BCUT2D eigenvalue weighted by Gasteiger charge is -2.30. The van der Waals surface area contributed by atoms with E-state index < -0.39 is 26.6 Å². The lowest BCUT2D eigenvalue weighted by molar-refractivity contribution is -0.870. The number of unbranched alkanes of at least 4 members (excludes halogenated alkanes) is 37. The average Bonchev–Trinajstić information content (AvgIpc) is 3.40. The smallest absolute Gasteiger partial charge is 0.306 e. The van der Waals surface area contributed by atoms with Gasteiger partial charge in [-0.1, -0.05) is 268 Å². The summed E-state index contributed by atoms with van der Waals surface area (Å²) >= 11 is 0. The van der Waals surface area contributed by atoms with E-state index in [1.807, 2.05) is 33.3 Å². The number of hydrogen-bond acceptors (Lipinski definition) is 7. The van der Waals surface area contributed by atoms with E-state index in [2.05, 4.69) is 74.7 Å². The number of quaternary nitrogens is 1. The van der Waals surface area contributed by atoms with E-state index in [1.165, 1.54) is 193 Å². The van der Waals surface area contributed by atoms with Crippen LogP contribution in [0.3, 0.4) is 0 Å². The van der Waals surface area contributed by atoms with Crippen LogP contribution in [0.4, 0.5) is 0 Å². The molecule has 456 valence electrons. The maximum Gasteiger partial charge on any atom is 0.306 e. The van der Waals surface area contributed by atoms with Crippen molar-refractivity contribution in [3.8, 4) is 0 Å². The molecule has 3 unspecified atom stereocenters. The first-order valence-corrected chi connectivity index (χ1v) is 34.6. The van der Waals surface area contributed by atoms with Crippen LogP contribution in [0.5, 0.6) is 0 Å². The summed E-state index contributed by atoms with van der Waals surface area (Å²) < 4.78 is 30.4. The Labute approximate surface area is 483 Å². The van der Waals surface area contributed by atoms with Crippen LogP contribution >= 0.6 is 7.82 Å². The Morgan fingerprint density at radius 2 is 0.821 bits per heavy atom. The van der Waals surface area contributed by atoms with Crippen molar-refractivity contribution < 1.29 is 37.3 Å². The maximum atomic E-state index is 13.6. The number of hydrogen-bond donors (Lipinski definition) is 1. The van der Waals surface area contributed by atoms with Crippen LogP contribution in [0.25, 0.3) is 0 Å².